The lowest BCUT2D eigenvalue weighted by Crippen LogP contribution is -2.23. The van der Waals surface area contributed by atoms with Crippen molar-refractivity contribution in [2.24, 2.45) is 11.7 Å². The van der Waals surface area contributed by atoms with Gasteiger partial charge in [-0.1, -0.05) is 18.5 Å². The summed E-state index contributed by atoms with van der Waals surface area (Å²) in [6.07, 6.45) is 0. The molecule has 0 saturated carbocycles. The van der Waals surface area contributed by atoms with Crippen LogP contribution in [0.4, 0.5) is 0 Å². The Morgan fingerprint density at radius 2 is 2.24 bits per heavy atom. The molecule has 0 saturated heterocycles. The predicted octanol–water partition coefficient (Wildman–Crippen LogP) is 0.931. The number of nitrogens with one attached hydrogen (secondary N) is 1. The van der Waals surface area contributed by atoms with Gasteiger partial charge in [-0.25, -0.2) is 0 Å². The van der Waals surface area contributed by atoms with Gasteiger partial charge < -0.3 is 25.6 Å². The molecule has 0 aliphatic carbocycles. The highest BCUT2D eigenvalue weighted by Gasteiger charge is 2.13. The van der Waals surface area contributed by atoms with Crippen molar-refractivity contribution in [3.05, 3.63) is 22.7 Å². The summed E-state index contributed by atoms with van der Waals surface area (Å²) in [5.41, 5.74) is 5.95. The van der Waals surface area contributed by atoms with Crippen molar-refractivity contribution < 1.29 is 19.4 Å². The van der Waals surface area contributed by atoms with Crippen LogP contribution in [0.3, 0.4) is 0 Å². The van der Waals surface area contributed by atoms with Crippen LogP contribution < -0.4 is 20.5 Å². The van der Waals surface area contributed by atoms with Gasteiger partial charge in [-0.15, -0.1) is 0 Å². The summed E-state index contributed by atoms with van der Waals surface area (Å²) in [6.45, 7) is 3.09. The first-order valence-corrected chi connectivity index (χ1v) is 6.94. The molecule has 118 valence electrons. The highest BCUT2D eigenvalue weighted by molar-refractivity contribution is 6.32. The molecule has 4 N–H and O–H groups in total. The van der Waals surface area contributed by atoms with Crippen molar-refractivity contribution >= 4 is 17.5 Å². The summed E-state index contributed by atoms with van der Waals surface area (Å²) in [5, 5.41) is 12.5. The topological polar surface area (TPSA) is 93.8 Å². The van der Waals surface area contributed by atoms with Crippen LogP contribution in [0.5, 0.6) is 11.5 Å². The molecule has 1 amide bonds. The van der Waals surface area contributed by atoms with E-state index in [4.69, 9.17) is 31.9 Å². The third-order valence-electron chi connectivity index (χ3n) is 2.78. The molecule has 1 aromatic carbocycles. The Morgan fingerprint density at radius 1 is 1.52 bits per heavy atom. The number of carbonyl (C=O) groups is 1. The minimum absolute atomic E-state index is 0.136. The molecular formula is C14H21ClN2O4. The van der Waals surface area contributed by atoms with Gasteiger partial charge in [0.1, 0.15) is 0 Å². The van der Waals surface area contributed by atoms with Crippen molar-refractivity contribution in [3.63, 3.8) is 0 Å². The van der Waals surface area contributed by atoms with Gasteiger partial charge in [-0.2, -0.15) is 0 Å². The molecule has 21 heavy (non-hydrogen) atoms. The smallest absolute Gasteiger partial charge is 0.255 e. The van der Waals surface area contributed by atoms with Crippen LogP contribution in [-0.2, 0) is 11.3 Å². The van der Waals surface area contributed by atoms with Gasteiger partial charge in [0.05, 0.1) is 12.1 Å². The van der Waals surface area contributed by atoms with E-state index < -0.39 is 5.91 Å². The zero-order valence-corrected chi connectivity index (χ0v) is 12.9. The highest BCUT2D eigenvalue weighted by Crippen LogP contribution is 2.36. The molecule has 1 atom stereocenters. The summed E-state index contributed by atoms with van der Waals surface area (Å²) in [4.78, 5) is 10.8. The number of hydrogen-bond donors (Lipinski definition) is 3. The molecule has 1 aromatic rings. The molecule has 0 fully saturated rings. The van der Waals surface area contributed by atoms with Gasteiger partial charge in [0.2, 0.25) is 0 Å². The standard InChI is InChI=1S/C14H21ClN2O4/c1-9(7-18)5-17-6-10-3-11(15)14(12(4-10)20-2)21-8-13(16)19/h3-4,9,17-18H,5-8H2,1-2H3,(H2,16,19). The number of aliphatic hydroxyl groups excluding tert-OH is 1. The Kier molecular flexibility index (Phi) is 7.28. The number of nitrogens with two attached hydrogens (primary N) is 1. The van der Waals surface area contributed by atoms with E-state index in [9.17, 15) is 4.79 Å². The fourth-order valence-electron chi connectivity index (χ4n) is 1.69. The van der Waals surface area contributed by atoms with Gasteiger partial charge in [0.15, 0.2) is 18.1 Å². The maximum Gasteiger partial charge on any atom is 0.255 e. The second-order valence-electron chi connectivity index (χ2n) is 4.78. The summed E-state index contributed by atoms with van der Waals surface area (Å²) >= 11 is 6.14. The van der Waals surface area contributed by atoms with E-state index in [1.165, 1.54) is 7.11 Å². The van der Waals surface area contributed by atoms with Gasteiger partial charge in [-0.3, -0.25) is 4.79 Å². The molecule has 1 rings (SSSR count). The van der Waals surface area contributed by atoms with Gasteiger partial charge >= 0.3 is 0 Å². The summed E-state index contributed by atoms with van der Waals surface area (Å²) < 4.78 is 10.5. The van der Waals surface area contributed by atoms with Crippen molar-refractivity contribution in [2.75, 3.05) is 26.9 Å². The predicted molar refractivity (Wildman–Crippen MR) is 80.6 cm³/mol. The number of methoxy groups -OCH3 is 1. The average molecular weight is 317 g/mol. The maximum atomic E-state index is 10.8. The van der Waals surface area contributed by atoms with Gasteiger partial charge in [0.25, 0.3) is 5.91 Å². The number of carbonyl (C=O) groups excluding carboxylic acids is 1. The third-order valence-corrected chi connectivity index (χ3v) is 3.06. The average Bonchev–Trinajstić information content (AvgIpc) is 2.45. The van der Waals surface area contributed by atoms with E-state index in [-0.39, 0.29) is 19.1 Å². The molecule has 6 nitrogen and oxygen atoms in total. The van der Waals surface area contributed by atoms with Crippen molar-refractivity contribution in [1.82, 2.24) is 5.32 Å². The highest BCUT2D eigenvalue weighted by atomic mass is 35.5. The molecule has 0 aliphatic rings. The third kappa shape index (κ3) is 5.79. The second kappa shape index (κ2) is 8.71. The molecule has 0 bridgehead atoms. The molecule has 0 heterocycles. The second-order valence-corrected chi connectivity index (χ2v) is 5.19. The minimum Gasteiger partial charge on any atom is -0.493 e. The van der Waals surface area contributed by atoms with Crippen LogP contribution in [0.25, 0.3) is 0 Å². The Morgan fingerprint density at radius 3 is 2.81 bits per heavy atom. The fraction of sp³-hybridized carbons (Fsp3) is 0.500. The van der Waals surface area contributed by atoms with Crippen LogP contribution in [0.2, 0.25) is 5.02 Å². The number of benzene rings is 1. The summed E-state index contributed by atoms with van der Waals surface area (Å²) in [7, 11) is 1.49. The normalized spacial score (nSPS) is 12.0. The Bertz CT molecular complexity index is 482. The number of rotatable bonds is 9. The molecule has 0 spiro atoms. The first kappa shape index (κ1) is 17.6. The lowest BCUT2D eigenvalue weighted by atomic mass is 10.1. The van der Waals surface area contributed by atoms with Crippen molar-refractivity contribution in [3.8, 4) is 11.5 Å². The number of halogens is 1. The van der Waals surface area contributed by atoms with E-state index in [1.807, 2.05) is 6.92 Å². The Labute approximate surface area is 129 Å². The van der Waals surface area contributed by atoms with Gasteiger partial charge in [-0.05, 0) is 23.6 Å². The molecule has 1 unspecified atom stereocenters. The summed E-state index contributed by atoms with van der Waals surface area (Å²) in [6, 6.07) is 3.51. The molecule has 0 radical (unpaired) electrons. The number of primary amides is 1. The molecule has 0 aromatic heterocycles. The zero-order chi connectivity index (χ0) is 15.8. The van der Waals surface area contributed by atoms with Crippen LogP contribution in [0.1, 0.15) is 12.5 Å². The van der Waals surface area contributed by atoms with Gasteiger partial charge in [0, 0.05) is 19.7 Å². The maximum absolute atomic E-state index is 10.8. The lowest BCUT2D eigenvalue weighted by molar-refractivity contribution is -0.119. The first-order chi connectivity index (χ1) is 9.97. The Balaban J connectivity index is 2.75. The number of amides is 1. The molecule has 7 heteroatoms. The number of ether oxygens (including phenoxy) is 2. The van der Waals surface area contributed by atoms with E-state index in [0.29, 0.717) is 29.6 Å². The zero-order valence-electron chi connectivity index (χ0n) is 12.2. The molecular weight excluding hydrogens is 296 g/mol. The quantitative estimate of drug-likeness (QED) is 0.630. The van der Waals surface area contributed by atoms with E-state index in [2.05, 4.69) is 5.32 Å². The van der Waals surface area contributed by atoms with E-state index >= 15 is 0 Å². The van der Waals surface area contributed by atoms with E-state index in [1.54, 1.807) is 12.1 Å². The lowest BCUT2D eigenvalue weighted by Gasteiger charge is -2.14. The first-order valence-electron chi connectivity index (χ1n) is 6.57. The van der Waals surface area contributed by atoms with Crippen LogP contribution in [-0.4, -0.2) is 37.9 Å². The SMILES string of the molecule is COc1cc(CNCC(C)CO)cc(Cl)c1OCC(N)=O. The largest absolute Gasteiger partial charge is 0.493 e. The van der Waals surface area contributed by atoms with Crippen LogP contribution in [0.15, 0.2) is 12.1 Å². The van der Waals surface area contributed by atoms with Crippen molar-refractivity contribution in [2.45, 2.75) is 13.5 Å². The molecule has 0 aliphatic heterocycles. The monoisotopic (exact) mass is 316 g/mol. The Hall–Kier alpha value is -1.50. The number of hydrogen-bond acceptors (Lipinski definition) is 5. The number of aliphatic hydroxyl groups is 1. The summed E-state index contributed by atoms with van der Waals surface area (Å²) in [5.74, 6) is 0.332. The minimum atomic E-state index is -0.586. The van der Waals surface area contributed by atoms with Crippen LogP contribution in [0, 0.1) is 5.92 Å². The van der Waals surface area contributed by atoms with Crippen molar-refractivity contribution in [1.29, 1.82) is 0 Å². The van der Waals surface area contributed by atoms with Crippen LogP contribution >= 0.6 is 11.6 Å². The fourth-order valence-corrected chi connectivity index (χ4v) is 1.97. The van der Waals surface area contributed by atoms with E-state index in [0.717, 1.165) is 5.56 Å².